The van der Waals surface area contributed by atoms with Crippen LogP contribution in [0.25, 0.3) is 0 Å². The highest BCUT2D eigenvalue weighted by Crippen LogP contribution is 2.25. The highest BCUT2D eigenvalue weighted by Gasteiger charge is 2.18. The molecule has 1 saturated carbocycles. The fraction of sp³-hybridized carbons (Fsp3) is 0.818. The van der Waals surface area contributed by atoms with E-state index in [0.29, 0.717) is 12.7 Å². The molecule has 0 aromatic carbocycles. The standard InChI is InChI=1S/C11H19ClO/c1-9-3-5-11(6-4-9)13-8-10(2)7-12/h7,9,11H,3-6,8H2,1-2H3. The van der Waals surface area contributed by atoms with Gasteiger partial charge in [0.25, 0.3) is 0 Å². The molecule has 76 valence electrons. The molecule has 0 radical (unpaired) electrons. The van der Waals surface area contributed by atoms with Crippen molar-refractivity contribution in [1.82, 2.24) is 0 Å². The quantitative estimate of drug-likeness (QED) is 0.678. The third-order valence-electron chi connectivity index (χ3n) is 2.70. The molecule has 0 amide bonds. The van der Waals surface area contributed by atoms with Gasteiger partial charge in [-0.1, -0.05) is 18.5 Å². The van der Waals surface area contributed by atoms with Crippen molar-refractivity contribution in [2.24, 2.45) is 5.92 Å². The molecular weight excluding hydrogens is 184 g/mol. The van der Waals surface area contributed by atoms with E-state index in [-0.39, 0.29) is 0 Å². The van der Waals surface area contributed by atoms with Crippen molar-refractivity contribution in [1.29, 1.82) is 0 Å². The predicted octanol–water partition coefficient (Wildman–Crippen LogP) is 3.72. The van der Waals surface area contributed by atoms with Crippen molar-refractivity contribution in [3.8, 4) is 0 Å². The van der Waals surface area contributed by atoms with E-state index >= 15 is 0 Å². The zero-order valence-corrected chi connectivity index (χ0v) is 9.31. The summed E-state index contributed by atoms with van der Waals surface area (Å²) in [5.74, 6) is 0.893. The summed E-state index contributed by atoms with van der Waals surface area (Å²) in [6.07, 6.45) is 5.54. The first-order valence-electron chi connectivity index (χ1n) is 5.10. The second-order valence-electron chi connectivity index (χ2n) is 4.15. The molecule has 0 aromatic rings. The number of halogens is 1. The second-order valence-corrected chi connectivity index (χ2v) is 4.37. The Balaban J connectivity index is 2.16. The molecule has 0 aromatic heterocycles. The van der Waals surface area contributed by atoms with Gasteiger partial charge in [-0.3, -0.25) is 0 Å². The number of rotatable bonds is 3. The van der Waals surface area contributed by atoms with Crippen molar-refractivity contribution >= 4 is 11.6 Å². The summed E-state index contributed by atoms with van der Waals surface area (Å²) >= 11 is 5.55. The molecule has 0 heterocycles. The van der Waals surface area contributed by atoms with Gasteiger partial charge in [0.1, 0.15) is 0 Å². The van der Waals surface area contributed by atoms with E-state index in [4.69, 9.17) is 16.3 Å². The maximum Gasteiger partial charge on any atom is 0.0689 e. The van der Waals surface area contributed by atoms with E-state index in [0.717, 1.165) is 11.5 Å². The van der Waals surface area contributed by atoms with Crippen LogP contribution in [0.2, 0.25) is 0 Å². The molecule has 1 rings (SSSR count). The van der Waals surface area contributed by atoms with E-state index in [9.17, 15) is 0 Å². The molecule has 0 saturated heterocycles. The monoisotopic (exact) mass is 202 g/mol. The highest BCUT2D eigenvalue weighted by atomic mass is 35.5. The van der Waals surface area contributed by atoms with Gasteiger partial charge < -0.3 is 4.74 Å². The van der Waals surface area contributed by atoms with E-state index in [1.807, 2.05) is 6.92 Å². The van der Waals surface area contributed by atoms with E-state index in [2.05, 4.69) is 6.92 Å². The topological polar surface area (TPSA) is 9.23 Å². The Morgan fingerprint density at radius 1 is 1.38 bits per heavy atom. The van der Waals surface area contributed by atoms with Gasteiger partial charge in [0, 0.05) is 5.54 Å². The van der Waals surface area contributed by atoms with Gasteiger partial charge in [-0.25, -0.2) is 0 Å². The third kappa shape index (κ3) is 4.15. The smallest absolute Gasteiger partial charge is 0.0689 e. The summed E-state index contributed by atoms with van der Waals surface area (Å²) in [6, 6.07) is 0. The van der Waals surface area contributed by atoms with Crippen LogP contribution in [0, 0.1) is 5.92 Å². The molecular formula is C11H19ClO. The first-order valence-corrected chi connectivity index (χ1v) is 5.53. The second kappa shape index (κ2) is 5.66. The zero-order valence-electron chi connectivity index (χ0n) is 8.55. The first kappa shape index (κ1) is 11.1. The fourth-order valence-electron chi connectivity index (χ4n) is 1.68. The lowest BCUT2D eigenvalue weighted by atomic mass is 9.89. The third-order valence-corrected chi connectivity index (χ3v) is 3.07. The summed E-state index contributed by atoms with van der Waals surface area (Å²) in [7, 11) is 0. The van der Waals surface area contributed by atoms with Gasteiger partial charge in [-0.05, 0) is 44.1 Å². The van der Waals surface area contributed by atoms with Gasteiger partial charge in [-0.2, -0.15) is 0 Å². The molecule has 0 N–H and O–H groups in total. The Morgan fingerprint density at radius 3 is 2.54 bits per heavy atom. The van der Waals surface area contributed by atoms with Crippen molar-refractivity contribution in [3.05, 3.63) is 11.1 Å². The Hall–Kier alpha value is -0.0100. The fourth-order valence-corrected chi connectivity index (χ4v) is 1.74. The SMILES string of the molecule is CC(=CCl)COC1CCC(C)CC1. The van der Waals surface area contributed by atoms with E-state index < -0.39 is 0 Å². The summed E-state index contributed by atoms with van der Waals surface area (Å²) < 4.78 is 5.73. The zero-order chi connectivity index (χ0) is 9.68. The van der Waals surface area contributed by atoms with Crippen LogP contribution in [-0.2, 0) is 4.74 Å². The van der Waals surface area contributed by atoms with Gasteiger partial charge in [0.05, 0.1) is 12.7 Å². The Labute approximate surface area is 86.1 Å². The van der Waals surface area contributed by atoms with Crippen molar-refractivity contribution in [3.63, 3.8) is 0 Å². The van der Waals surface area contributed by atoms with Crippen molar-refractivity contribution < 1.29 is 4.74 Å². The summed E-state index contributed by atoms with van der Waals surface area (Å²) in [6.45, 7) is 5.02. The molecule has 1 aliphatic rings. The van der Waals surface area contributed by atoms with Crippen LogP contribution in [0.1, 0.15) is 39.5 Å². The highest BCUT2D eigenvalue weighted by molar-refractivity contribution is 6.25. The van der Waals surface area contributed by atoms with Crippen LogP contribution in [0.5, 0.6) is 0 Å². The molecule has 0 atom stereocenters. The van der Waals surface area contributed by atoms with Crippen LogP contribution in [-0.4, -0.2) is 12.7 Å². The van der Waals surface area contributed by atoms with Crippen molar-refractivity contribution in [2.45, 2.75) is 45.6 Å². The van der Waals surface area contributed by atoms with Gasteiger partial charge >= 0.3 is 0 Å². The lowest BCUT2D eigenvalue weighted by Crippen LogP contribution is -2.21. The Morgan fingerprint density at radius 2 is 2.00 bits per heavy atom. The van der Waals surface area contributed by atoms with Crippen LogP contribution in [0.3, 0.4) is 0 Å². The van der Waals surface area contributed by atoms with Crippen LogP contribution < -0.4 is 0 Å². The average Bonchev–Trinajstić information content (AvgIpc) is 2.16. The van der Waals surface area contributed by atoms with Gasteiger partial charge in [0.2, 0.25) is 0 Å². The summed E-state index contributed by atoms with van der Waals surface area (Å²) in [5, 5.41) is 0. The van der Waals surface area contributed by atoms with Gasteiger partial charge in [0.15, 0.2) is 0 Å². The van der Waals surface area contributed by atoms with Crippen molar-refractivity contribution in [2.75, 3.05) is 6.61 Å². The molecule has 0 spiro atoms. The molecule has 1 nitrogen and oxygen atoms in total. The molecule has 2 heteroatoms. The molecule has 0 bridgehead atoms. The maximum atomic E-state index is 5.73. The van der Waals surface area contributed by atoms with Crippen LogP contribution >= 0.6 is 11.6 Å². The molecule has 1 fully saturated rings. The lowest BCUT2D eigenvalue weighted by Gasteiger charge is -2.26. The molecule has 0 aliphatic heterocycles. The van der Waals surface area contributed by atoms with E-state index in [1.165, 1.54) is 25.7 Å². The number of hydrogen-bond acceptors (Lipinski definition) is 1. The minimum absolute atomic E-state index is 0.475. The number of ether oxygens (including phenoxy) is 1. The minimum atomic E-state index is 0.475. The predicted molar refractivity (Wildman–Crippen MR) is 57.0 cm³/mol. The number of hydrogen-bond donors (Lipinski definition) is 0. The first-order chi connectivity index (χ1) is 6.22. The molecule has 13 heavy (non-hydrogen) atoms. The minimum Gasteiger partial charge on any atom is -0.374 e. The lowest BCUT2D eigenvalue weighted by molar-refractivity contribution is 0.0332. The van der Waals surface area contributed by atoms with Crippen LogP contribution in [0.15, 0.2) is 11.1 Å². The van der Waals surface area contributed by atoms with Crippen LogP contribution in [0.4, 0.5) is 0 Å². The Bertz CT molecular complexity index is 169. The summed E-state index contributed by atoms with van der Waals surface area (Å²) in [4.78, 5) is 0. The Kier molecular flexibility index (Phi) is 4.82. The molecule has 1 aliphatic carbocycles. The normalized spacial score (nSPS) is 30.5. The largest absolute Gasteiger partial charge is 0.374 e. The van der Waals surface area contributed by atoms with Gasteiger partial charge in [-0.15, -0.1) is 0 Å². The average molecular weight is 203 g/mol. The maximum absolute atomic E-state index is 5.73. The summed E-state index contributed by atoms with van der Waals surface area (Å²) in [5.41, 5.74) is 2.71. The molecule has 0 unspecified atom stereocenters. The van der Waals surface area contributed by atoms with E-state index in [1.54, 1.807) is 5.54 Å².